The van der Waals surface area contributed by atoms with Gasteiger partial charge in [-0.3, -0.25) is 0 Å². The van der Waals surface area contributed by atoms with Crippen molar-refractivity contribution in [1.29, 1.82) is 5.26 Å². The zero-order chi connectivity index (χ0) is 16.8. The Balaban J connectivity index is 1.49. The number of hydrogen-bond acceptors (Lipinski definition) is 5. The Morgan fingerprint density at radius 1 is 1.46 bits per heavy atom. The monoisotopic (exact) mass is 325 g/mol. The maximum Gasteiger partial charge on any atom is 0.147 e. The third kappa shape index (κ3) is 4.33. The molecule has 0 saturated carbocycles. The summed E-state index contributed by atoms with van der Waals surface area (Å²) in [7, 11) is 0. The van der Waals surface area contributed by atoms with Gasteiger partial charge < -0.3 is 10.1 Å². The Hall–Kier alpha value is -2.39. The first-order valence-electron chi connectivity index (χ1n) is 8.47. The number of aromatic nitrogens is 3. The number of rotatable bonds is 7. The molecule has 0 fully saturated rings. The largest absolute Gasteiger partial charge is 0.494 e. The first-order chi connectivity index (χ1) is 11.7. The molecule has 0 spiro atoms. The summed E-state index contributed by atoms with van der Waals surface area (Å²) in [4.78, 5) is 4.44. The molecule has 6 nitrogen and oxygen atoms in total. The molecule has 126 valence electrons. The number of nitrogens with zero attached hydrogens (tertiary/aromatic N) is 4. The van der Waals surface area contributed by atoms with Crippen LogP contribution in [-0.4, -0.2) is 27.4 Å². The standard InChI is InChI=1S/C18H23N5O/c1-14-21-18-8-7-16(13-23(18)22-14)20-12-15-5-4-6-17(11-15)24-10-3-2-9-19/h4-6,11,16,20H,2-3,7-8,10,12-13H2,1H3. The number of unbranched alkanes of at least 4 members (excludes halogenated alkanes) is 1. The van der Waals surface area contributed by atoms with Gasteiger partial charge in [-0.05, 0) is 37.5 Å². The molecule has 0 amide bonds. The fourth-order valence-electron chi connectivity index (χ4n) is 2.95. The summed E-state index contributed by atoms with van der Waals surface area (Å²) in [5.74, 6) is 2.82. The van der Waals surface area contributed by atoms with Crippen LogP contribution in [0.5, 0.6) is 5.75 Å². The molecule has 1 atom stereocenters. The van der Waals surface area contributed by atoms with E-state index in [4.69, 9.17) is 10.00 Å². The third-order valence-corrected chi connectivity index (χ3v) is 4.16. The van der Waals surface area contributed by atoms with Gasteiger partial charge in [0, 0.05) is 25.4 Å². The number of hydrogen-bond donors (Lipinski definition) is 1. The van der Waals surface area contributed by atoms with Crippen LogP contribution in [-0.2, 0) is 19.5 Å². The lowest BCUT2D eigenvalue weighted by atomic mass is 10.1. The van der Waals surface area contributed by atoms with Crippen molar-refractivity contribution in [1.82, 2.24) is 20.1 Å². The van der Waals surface area contributed by atoms with Crippen molar-refractivity contribution < 1.29 is 4.74 Å². The predicted molar refractivity (Wildman–Crippen MR) is 90.5 cm³/mol. The summed E-state index contributed by atoms with van der Waals surface area (Å²) in [6.07, 6.45) is 3.36. The molecule has 1 aliphatic heterocycles. The number of benzene rings is 1. The predicted octanol–water partition coefficient (Wildman–Crippen LogP) is 2.37. The van der Waals surface area contributed by atoms with Crippen molar-refractivity contribution in [2.75, 3.05) is 6.61 Å². The molecule has 0 aliphatic carbocycles. The first-order valence-corrected chi connectivity index (χ1v) is 8.47. The van der Waals surface area contributed by atoms with Crippen LogP contribution in [0.3, 0.4) is 0 Å². The average Bonchev–Trinajstić information content (AvgIpc) is 2.96. The highest BCUT2D eigenvalue weighted by molar-refractivity contribution is 5.28. The van der Waals surface area contributed by atoms with E-state index in [0.717, 1.165) is 49.8 Å². The molecule has 2 heterocycles. The summed E-state index contributed by atoms with van der Waals surface area (Å²) in [6.45, 7) is 4.21. The SMILES string of the molecule is Cc1nc2n(n1)CC(NCc1cccc(OCCCC#N)c1)CC2. The van der Waals surface area contributed by atoms with E-state index in [2.05, 4.69) is 33.6 Å². The van der Waals surface area contributed by atoms with Gasteiger partial charge in [-0.25, -0.2) is 9.67 Å². The van der Waals surface area contributed by atoms with Gasteiger partial charge in [-0.15, -0.1) is 0 Å². The van der Waals surface area contributed by atoms with Gasteiger partial charge in [-0.1, -0.05) is 12.1 Å². The minimum Gasteiger partial charge on any atom is -0.494 e. The maximum absolute atomic E-state index is 8.54. The summed E-state index contributed by atoms with van der Waals surface area (Å²) in [6, 6.07) is 10.7. The van der Waals surface area contributed by atoms with E-state index in [0.29, 0.717) is 19.1 Å². The fraction of sp³-hybridized carbons (Fsp3) is 0.500. The Morgan fingerprint density at radius 2 is 2.38 bits per heavy atom. The number of nitriles is 1. The van der Waals surface area contributed by atoms with Gasteiger partial charge in [0.25, 0.3) is 0 Å². The Kier molecular flexibility index (Phi) is 5.44. The van der Waals surface area contributed by atoms with Crippen molar-refractivity contribution in [2.45, 2.75) is 51.7 Å². The topological polar surface area (TPSA) is 75.8 Å². The second-order valence-electron chi connectivity index (χ2n) is 6.13. The minimum atomic E-state index is 0.416. The zero-order valence-corrected chi connectivity index (χ0v) is 14.0. The number of ether oxygens (including phenoxy) is 1. The van der Waals surface area contributed by atoms with Crippen LogP contribution in [0.2, 0.25) is 0 Å². The molecule has 1 aliphatic rings. The van der Waals surface area contributed by atoms with E-state index in [9.17, 15) is 0 Å². The van der Waals surface area contributed by atoms with Gasteiger partial charge in [0.1, 0.15) is 17.4 Å². The van der Waals surface area contributed by atoms with E-state index in [1.54, 1.807) is 0 Å². The van der Waals surface area contributed by atoms with Crippen molar-refractivity contribution in [2.24, 2.45) is 0 Å². The fourth-order valence-corrected chi connectivity index (χ4v) is 2.95. The minimum absolute atomic E-state index is 0.416. The lowest BCUT2D eigenvalue weighted by molar-refractivity contribution is 0.312. The summed E-state index contributed by atoms with van der Waals surface area (Å²) >= 11 is 0. The highest BCUT2D eigenvalue weighted by atomic mass is 16.5. The van der Waals surface area contributed by atoms with Crippen LogP contribution in [0.4, 0.5) is 0 Å². The smallest absolute Gasteiger partial charge is 0.147 e. The molecular formula is C18H23N5O. The lowest BCUT2D eigenvalue weighted by Gasteiger charge is -2.23. The van der Waals surface area contributed by atoms with Crippen molar-refractivity contribution in [3.8, 4) is 11.8 Å². The van der Waals surface area contributed by atoms with Crippen LogP contribution >= 0.6 is 0 Å². The Morgan fingerprint density at radius 3 is 3.25 bits per heavy atom. The second kappa shape index (κ2) is 7.93. The van der Waals surface area contributed by atoms with E-state index in [1.165, 1.54) is 5.56 Å². The zero-order valence-electron chi connectivity index (χ0n) is 14.0. The van der Waals surface area contributed by atoms with E-state index >= 15 is 0 Å². The first kappa shape index (κ1) is 16.5. The van der Waals surface area contributed by atoms with E-state index in [-0.39, 0.29) is 0 Å². The normalized spacial score (nSPS) is 16.4. The van der Waals surface area contributed by atoms with Crippen molar-refractivity contribution in [3.05, 3.63) is 41.5 Å². The molecule has 2 aromatic rings. The molecular weight excluding hydrogens is 302 g/mol. The highest BCUT2D eigenvalue weighted by Crippen LogP contribution is 2.16. The van der Waals surface area contributed by atoms with Gasteiger partial charge in [0.15, 0.2) is 0 Å². The number of nitrogens with one attached hydrogen (secondary N) is 1. The van der Waals surface area contributed by atoms with Gasteiger partial charge >= 0.3 is 0 Å². The number of fused-ring (bicyclic) bond motifs is 1. The summed E-state index contributed by atoms with van der Waals surface area (Å²) < 4.78 is 7.71. The molecule has 1 aromatic heterocycles. The van der Waals surface area contributed by atoms with Crippen molar-refractivity contribution >= 4 is 0 Å². The Bertz CT molecular complexity index is 718. The quantitative estimate of drug-likeness (QED) is 0.791. The molecule has 0 saturated heterocycles. The molecule has 1 N–H and O–H groups in total. The summed E-state index contributed by atoms with van der Waals surface area (Å²) in [5.41, 5.74) is 1.20. The van der Waals surface area contributed by atoms with Crippen LogP contribution in [0.15, 0.2) is 24.3 Å². The van der Waals surface area contributed by atoms with Crippen LogP contribution in [0.25, 0.3) is 0 Å². The summed E-state index contributed by atoms with van der Waals surface area (Å²) in [5, 5.41) is 16.6. The molecule has 0 radical (unpaired) electrons. The van der Waals surface area contributed by atoms with Gasteiger partial charge in [0.2, 0.25) is 0 Å². The van der Waals surface area contributed by atoms with Gasteiger partial charge in [0.05, 0.1) is 19.2 Å². The van der Waals surface area contributed by atoms with Gasteiger partial charge in [-0.2, -0.15) is 10.4 Å². The van der Waals surface area contributed by atoms with E-state index in [1.807, 2.05) is 23.7 Å². The van der Waals surface area contributed by atoms with Crippen LogP contribution < -0.4 is 10.1 Å². The van der Waals surface area contributed by atoms with Crippen LogP contribution in [0.1, 0.15) is 36.5 Å². The Labute approximate surface area is 142 Å². The molecule has 3 rings (SSSR count). The molecule has 6 heteroatoms. The third-order valence-electron chi connectivity index (χ3n) is 4.16. The van der Waals surface area contributed by atoms with Crippen molar-refractivity contribution in [3.63, 3.8) is 0 Å². The molecule has 1 unspecified atom stereocenters. The molecule has 24 heavy (non-hydrogen) atoms. The molecule has 1 aromatic carbocycles. The van der Waals surface area contributed by atoms with E-state index < -0.39 is 0 Å². The average molecular weight is 325 g/mol. The second-order valence-corrected chi connectivity index (χ2v) is 6.13. The lowest BCUT2D eigenvalue weighted by Crippen LogP contribution is -2.37. The maximum atomic E-state index is 8.54. The number of aryl methyl sites for hydroxylation is 2. The highest BCUT2D eigenvalue weighted by Gasteiger charge is 2.20. The molecule has 0 bridgehead atoms. The van der Waals surface area contributed by atoms with Crippen LogP contribution in [0, 0.1) is 18.3 Å².